The molecule has 5 heteroatoms. The molecule has 17 heavy (non-hydrogen) atoms. The van der Waals surface area contributed by atoms with Crippen molar-refractivity contribution < 1.29 is 9.53 Å². The van der Waals surface area contributed by atoms with Gasteiger partial charge in [0, 0.05) is 32.2 Å². The quantitative estimate of drug-likeness (QED) is 0.651. The van der Waals surface area contributed by atoms with Gasteiger partial charge < -0.3 is 20.3 Å². The molecule has 1 heterocycles. The number of nitrogens with zero attached hydrogens (tertiary/aromatic N) is 1. The van der Waals surface area contributed by atoms with E-state index in [1.807, 2.05) is 14.0 Å². The van der Waals surface area contributed by atoms with Crippen LogP contribution in [0.4, 0.5) is 0 Å². The summed E-state index contributed by atoms with van der Waals surface area (Å²) < 4.78 is 5.54. The molecule has 5 nitrogen and oxygen atoms in total. The van der Waals surface area contributed by atoms with E-state index >= 15 is 0 Å². The zero-order valence-corrected chi connectivity index (χ0v) is 11.4. The summed E-state index contributed by atoms with van der Waals surface area (Å²) in [4.78, 5) is 13.7. The van der Waals surface area contributed by atoms with Gasteiger partial charge in [0.25, 0.3) is 0 Å². The minimum Gasteiger partial charge on any atom is -0.363 e. The molecule has 0 atom stereocenters. The fourth-order valence-electron chi connectivity index (χ4n) is 1.50. The highest BCUT2D eigenvalue weighted by molar-refractivity contribution is 5.77. The lowest BCUT2D eigenvalue weighted by atomic mass is 10.0. The molecule has 0 aromatic carbocycles. The molecule has 1 amide bonds. The summed E-state index contributed by atoms with van der Waals surface area (Å²) in [5.41, 5.74) is -0.147. The smallest absolute Gasteiger partial charge is 0.246 e. The van der Waals surface area contributed by atoms with Crippen molar-refractivity contribution in [3.8, 4) is 0 Å². The fraction of sp³-hybridized carbons (Fsp3) is 0.917. The van der Waals surface area contributed by atoms with Crippen LogP contribution in [0.1, 0.15) is 20.8 Å². The van der Waals surface area contributed by atoms with E-state index in [2.05, 4.69) is 29.4 Å². The first-order valence-electron chi connectivity index (χ1n) is 6.24. The largest absolute Gasteiger partial charge is 0.363 e. The van der Waals surface area contributed by atoms with Crippen molar-refractivity contribution in [3.05, 3.63) is 0 Å². The topological polar surface area (TPSA) is 53.6 Å². The molecule has 1 aliphatic heterocycles. The van der Waals surface area contributed by atoms with Crippen LogP contribution < -0.4 is 10.6 Å². The summed E-state index contributed by atoms with van der Waals surface area (Å²) in [5, 5.41) is 6.00. The average Bonchev–Trinajstić information content (AvgIpc) is 2.23. The molecule has 1 rings (SSSR count). The van der Waals surface area contributed by atoms with Crippen LogP contribution in [0.25, 0.3) is 0 Å². The summed E-state index contributed by atoms with van der Waals surface area (Å²) in [6, 6.07) is 0.503. The zero-order chi connectivity index (χ0) is 12.9. The van der Waals surface area contributed by atoms with Gasteiger partial charge in [0.2, 0.25) is 5.91 Å². The highest BCUT2D eigenvalue weighted by Crippen LogP contribution is 2.14. The Hall–Kier alpha value is -0.650. The highest BCUT2D eigenvalue weighted by atomic mass is 16.5. The summed E-state index contributed by atoms with van der Waals surface area (Å²) in [6.07, 6.45) is 0. The fourth-order valence-corrected chi connectivity index (χ4v) is 1.50. The van der Waals surface area contributed by atoms with Crippen LogP contribution in [0.2, 0.25) is 0 Å². The minimum atomic E-state index is -0.147. The summed E-state index contributed by atoms with van der Waals surface area (Å²) in [5.74, 6) is -0.0321. The molecule has 0 bridgehead atoms. The molecule has 1 aliphatic rings. The van der Waals surface area contributed by atoms with Crippen LogP contribution in [0.15, 0.2) is 0 Å². The first kappa shape index (κ1) is 14.4. The second-order valence-corrected chi connectivity index (χ2v) is 5.27. The lowest BCUT2D eigenvalue weighted by molar-refractivity contribution is -0.135. The van der Waals surface area contributed by atoms with Crippen molar-refractivity contribution >= 4 is 5.91 Å². The van der Waals surface area contributed by atoms with Crippen LogP contribution in [-0.2, 0) is 9.53 Å². The molecular formula is C12H25N3O2. The predicted octanol–water partition coefficient (Wildman–Crippen LogP) is -0.179. The summed E-state index contributed by atoms with van der Waals surface area (Å²) in [6.45, 7) is 9.64. The van der Waals surface area contributed by atoms with E-state index < -0.39 is 0 Å². The third kappa shape index (κ3) is 5.02. The number of hydrogen-bond acceptors (Lipinski definition) is 4. The van der Waals surface area contributed by atoms with Gasteiger partial charge in [-0.25, -0.2) is 0 Å². The van der Waals surface area contributed by atoms with Gasteiger partial charge in [-0.3, -0.25) is 4.79 Å². The summed E-state index contributed by atoms with van der Waals surface area (Å²) in [7, 11) is 2.05. The van der Waals surface area contributed by atoms with Crippen LogP contribution in [0, 0.1) is 0 Å². The van der Waals surface area contributed by atoms with E-state index in [0.717, 1.165) is 19.6 Å². The molecule has 0 aromatic heterocycles. The Morgan fingerprint density at radius 2 is 2.18 bits per heavy atom. The molecule has 0 unspecified atom stereocenters. The van der Waals surface area contributed by atoms with E-state index in [1.165, 1.54) is 0 Å². The van der Waals surface area contributed by atoms with E-state index in [-0.39, 0.29) is 18.1 Å². The Labute approximate surface area is 104 Å². The highest BCUT2D eigenvalue weighted by Gasteiger charge is 2.32. The van der Waals surface area contributed by atoms with Gasteiger partial charge >= 0.3 is 0 Å². The van der Waals surface area contributed by atoms with Gasteiger partial charge in [-0.05, 0) is 27.8 Å². The zero-order valence-electron chi connectivity index (χ0n) is 11.4. The molecule has 0 aromatic rings. The maximum Gasteiger partial charge on any atom is 0.246 e. The maximum atomic E-state index is 11.5. The molecular weight excluding hydrogens is 218 g/mol. The molecule has 0 spiro atoms. The molecule has 1 saturated heterocycles. The average molecular weight is 243 g/mol. The van der Waals surface area contributed by atoms with Gasteiger partial charge in [0.1, 0.15) is 6.61 Å². The summed E-state index contributed by atoms with van der Waals surface area (Å²) >= 11 is 0. The van der Waals surface area contributed by atoms with Gasteiger partial charge in [0.15, 0.2) is 0 Å². The molecule has 2 N–H and O–H groups in total. The Kier molecular flexibility index (Phi) is 5.36. The predicted molar refractivity (Wildman–Crippen MR) is 68.0 cm³/mol. The molecule has 0 aliphatic carbocycles. The van der Waals surface area contributed by atoms with E-state index in [9.17, 15) is 4.79 Å². The third-order valence-electron chi connectivity index (χ3n) is 3.22. The van der Waals surface area contributed by atoms with Gasteiger partial charge in [-0.15, -0.1) is 0 Å². The number of carbonyl (C=O) groups excluding carboxylic acids is 1. The van der Waals surface area contributed by atoms with Crippen molar-refractivity contribution in [2.24, 2.45) is 0 Å². The lowest BCUT2D eigenvalue weighted by Crippen LogP contribution is -2.59. The van der Waals surface area contributed by atoms with Crippen LogP contribution in [0.3, 0.4) is 0 Å². The van der Waals surface area contributed by atoms with Crippen molar-refractivity contribution in [3.63, 3.8) is 0 Å². The van der Waals surface area contributed by atoms with Crippen molar-refractivity contribution in [1.29, 1.82) is 0 Å². The normalized spacial score (nSPS) is 18.2. The van der Waals surface area contributed by atoms with E-state index in [0.29, 0.717) is 12.6 Å². The third-order valence-corrected chi connectivity index (χ3v) is 3.22. The Morgan fingerprint density at radius 3 is 2.65 bits per heavy atom. The van der Waals surface area contributed by atoms with Crippen LogP contribution >= 0.6 is 0 Å². The standard InChI is InChI=1S/C12H25N3O2/c1-10(2)15(4)6-5-14-11(16)7-17-12(3)8-13-9-12/h10,13H,5-9H2,1-4H3,(H,14,16). The van der Waals surface area contributed by atoms with Crippen molar-refractivity contribution in [1.82, 2.24) is 15.5 Å². The number of rotatable bonds is 7. The first-order valence-corrected chi connectivity index (χ1v) is 6.24. The Morgan fingerprint density at radius 1 is 1.53 bits per heavy atom. The number of nitrogens with one attached hydrogen (secondary N) is 2. The second-order valence-electron chi connectivity index (χ2n) is 5.27. The van der Waals surface area contributed by atoms with E-state index in [1.54, 1.807) is 0 Å². The number of hydrogen-bond donors (Lipinski definition) is 2. The number of likely N-dealkylation sites (N-methyl/N-ethyl adjacent to an activating group) is 1. The molecule has 0 saturated carbocycles. The van der Waals surface area contributed by atoms with Gasteiger partial charge in [-0.2, -0.15) is 0 Å². The van der Waals surface area contributed by atoms with Gasteiger partial charge in [0.05, 0.1) is 5.60 Å². The SMILES string of the molecule is CC(C)N(C)CCNC(=O)COC1(C)CNC1. The monoisotopic (exact) mass is 243 g/mol. The van der Waals surface area contributed by atoms with E-state index in [4.69, 9.17) is 4.74 Å². The maximum absolute atomic E-state index is 11.5. The van der Waals surface area contributed by atoms with Crippen molar-refractivity contribution in [2.75, 3.05) is 39.8 Å². The number of ether oxygens (including phenoxy) is 1. The molecule has 0 radical (unpaired) electrons. The second kappa shape index (κ2) is 6.33. The van der Waals surface area contributed by atoms with Crippen LogP contribution in [0.5, 0.6) is 0 Å². The first-order chi connectivity index (χ1) is 7.93. The number of carbonyl (C=O) groups is 1. The Balaban J connectivity index is 2.05. The Bertz CT molecular complexity index is 252. The number of amides is 1. The van der Waals surface area contributed by atoms with Crippen molar-refractivity contribution in [2.45, 2.75) is 32.4 Å². The molecule has 100 valence electrons. The van der Waals surface area contributed by atoms with Crippen LogP contribution in [-0.4, -0.2) is 62.3 Å². The minimum absolute atomic E-state index is 0.0321. The molecule has 1 fully saturated rings. The van der Waals surface area contributed by atoms with Gasteiger partial charge in [-0.1, -0.05) is 0 Å². The lowest BCUT2D eigenvalue weighted by Gasteiger charge is -2.38.